The van der Waals surface area contributed by atoms with E-state index in [1.165, 1.54) is 0 Å². The molecule has 3 rings (SSSR count). The Morgan fingerprint density at radius 3 is 2.86 bits per heavy atom. The first-order valence-electron chi connectivity index (χ1n) is 9.54. The summed E-state index contributed by atoms with van der Waals surface area (Å²) in [6, 6.07) is 5.52. The number of ether oxygens (including phenoxy) is 1. The van der Waals surface area contributed by atoms with Crippen LogP contribution in [0.25, 0.3) is 11.0 Å². The summed E-state index contributed by atoms with van der Waals surface area (Å²) < 4.78 is 10.6. The molecule has 1 amide bonds. The van der Waals surface area contributed by atoms with Crippen LogP contribution in [0.15, 0.2) is 27.4 Å². The second-order valence-corrected chi connectivity index (χ2v) is 7.46. The van der Waals surface area contributed by atoms with Crippen LogP contribution >= 0.6 is 12.4 Å². The lowest BCUT2D eigenvalue weighted by atomic mass is 9.92. The lowest BCUT2D eigenvalue weighted by Gasteiger charge is -2.34. The highest BCUT2D eigenvalue weighted by Gasteiger charge is 2.26. The van der Waals surface area contributed by atoms with E-state index < -0.39 is 0 Å². The van der Waals surface area contributed by atoms with Gasteiger partial charge < -0.3 is 19.8 Å². The van der Waals surface area contributed by atoms with Gasteiger partial charge in [-0.3, -0.25) is 4.79 Å². The Hall–Kier alpha value is -2.05. The lowest BCUT2D eigenvalue weighted by molar-refractivity contribution is -0.133. The zero-order valence-corrected chi connectivity index (χ0v) is 17.5. The third kappa shape index (κ3) is 4.67. The van der Waals surface area contributed by atoms with E-state index in [0.29, 0.717) is 42.2 Å². The minimum atomic E-state index is -0.381. The van der Waals surface area contributed by atoms with E-state index in [1.807, 2.05) is 30.9 Å². The van der Waals surface area contributed by atoms with Crippen molar-refractivity contribution in [2.45, 2.75) is 45.6 Å². The molecular formula is C21H29ClN2O4. The van der Waals surface area contributed by atoms with Crippen molar-refractivity contribution in [1.29, 1.82) is 0 Å². The van der Waals surface area contributed by atoms with Gasteiger partial charge in [0.1, 0.15) is 11.3 Å². The number of amides is 1. The van der Waals surface area contributed by atoms with Crippen molar-refractivity contribution < 1.29 is 13.9 Å². The molecule has 0 aliphatic carbocycles. The third-order valence-corrected chi connectivity index (χ3v) is 5.64. The van der Waals surface area contributed by atoms with Crippen molar-refractivity contribution in [2.75, 3.05) is 20.2 Å². The summed E-state index contributed by atoms with van der Waals surface area (Å²) in [4.78, 5) is 27.0. The van der Waals surface area contributed by atoms with Crippen LogP contribution in [0.5, 0.6) is 5.75 Å². The van der Waals surface area contributed by atoms with Crippen molar-refractivity contribution in [3.63, 3.8) is 0 Å². The Labute approximate surface area is 171 Å². The molecule has 0 spiro atoms. The number of aryl methyl sites for hydroxylation is 1. The molecule has 154 valence electrons. The molecule has 2 aromatic rings. The van der Waals surface area contributed by atoms with Crippen LogP contribution in [0, 0.1) is 12.8 Å². The minimum absolute atomic E-state index is 0. The fourth-order valence-corrected chi connectivity index (χ4v) is 3.85. The summed E-state index contributed by atoms with van der Waals surface area (Å²) >= 11 is 0. The molecule has 1 aromatic carbocycles. The molecule has 2 atom stereocenters. The Morgan fingerprint density at radius 1 is 1.43 bits per heavy atom. The van der Waals surface area contributed by atoms with E-state index in [-0.39, 0.29) is 30.0 Å². The van der Waals surface area contributed by atoms with Crippen molar-refractivity contribution >= 4 is 29.3 Å². The van der Waals surface area contributed by atoms with Crippen molar-refractivity contribution in [3.05, 3.63) is 39.7 Å². The van der Waals surface area contributed by atoms with Crippen LogP contribution in [0.4, 0.5) is 0 Å². The molecule has 1 aliphatic rings. The molecule has 7 heteroatoms. The number of likely N-dealkylation sites (tertiary alicyclic amines) is 1. The Kier molecular flexibility index (Phi) is 7.49. The number of carbonyl (C=O) groups excluding carboxylic acids is 1. The van der Waals surface area contributed by atoms with Gasteiger partial charge in [0.25, 0.3) is 0 Å². The van der Waals surface area contributed by atoms with Gasteiger partial charge in [0.05, 0.1) is 7.11 Å². The normalized spacial score (nSPS) is 17.9. The first-order chi connectivity index (χ1) is 12.9. The topological polar surface area (TPSA) is 85.8 Å². The van der Waals surface area contributed by atoms with Crippen LogP contribution in [0.3, 0.4) is 0 Å². The number of nitrogens with zero attached hydrogens (tertiary/aromatic N) is 1. The molecule has 1 saturated heterocycles. The highest BCUT2D eigenvalue weighted by Crippen LogP contribution is 2.25. The zero-order chi connectivity index (χ0) is 19.6. The van der Waals surface area contributed by atoms with Gasteiger partial charge in [0, 0.05) is 42.6 Å². The number of piperidine rings is 1. The van der Waals surface area contributed by atoms with Crippen molar-refractivity contribution in [2.24, 2.45) is 11.7 Å². The summed E-state index contributed by atoms with van der Waals surface area (Å²) in [6.45, 7) is 5.38. The molecule has 28 heavy (non-hydrogen) atoms. The van der Waals surface area contributed by atoms with E-state index in [9.17, 15) is 9.59 Å². The largest absolute Gasteiger partial charge is 0.497 e. The number of hydrogen-bond donors (Lipinski definition) is 1. The molecule has 2 N–H and O–H groups in total. The highest BCUT2D eigenvalue weighted by molar-refractivity contribution is 5.85. The average Bonchev–Trinajstić information content (AvgIpc) is 2.67. The predicted molar refractivity (Wildman–Crippen MR) is 112 cm³/mol. The molecule has 6 nitrogen and oxygen atoms in total. The second-order valence-electron chi connectivity index (χ2n) is 7.46. The summed E-state index contributed by atoms with van der Waals surface area (Å²) in [5.41, 5.74) is 7.56. The highest BCUT2D eigenvalue weighted by atomic mass is 35.5. The van der Waals surface area contributed by atoms with Gasteiger partial charge in [-0.05, 0) is 56.7 Å². The maximum atomic E-state index is 12.6. The van der Waals surface area contributed by atoms with Crippen molar-refractivity contribution in [3.8, 4) is 5.75 Å². The fourth-order valence-electron chi connectivity index (χ4n) is 3.85. The second kappa shape index (κ2) is 9.43. The van der Waals surface area contributed by atoms with Gasteiger partial charge in [-0.25, -0.2) is 4.79 Å². The predicted octanol–water partition coefficient (Wildman–Crippen LogP) is 3.05. The summed E-state index contributed by atoms with van der Waals surface area (Å²) in [6.07, 6.45) is 2.74. The Balaban J connectivity index is 0.00000280. The number of halogens is 1. The molecule has 2 heterocycles. The number of hydrogen-bond acceptors (Lipinski definition) is 5. The van der Waals surface area contributed by atoms with E-state index in [0.717, 1.165) is 30.3 Å². The SMILES string of the molecule is COc1ccc2c(C)c(CCC(=O)N3CCCC(C(C)N)C3)c(=O)oc2c1.Cl. The number of methoxy groups -OCH3 is 1. The summed E-state index contributed by atoms with van der Waals surface area (Å²) in [7, 11) is 1.57. The van der Waals surface area contributed by atoms with Crippen LogP contribution in [-0.2, 0) is 11.2 Å². The molecule has 0 bridgehead atoms. The first kappa shape index (κ1) is 22.2. The van der Waals surface area contributed by atoms with Crippen LogP contribution in [0.2, 0.25) is 0 Å². The van der Waals surface area contributed by atoms with Gasteiger partial charge in [-0.2, -0.15) is 0 Å². The Morgan fingerprint density at radius 2 is 2.18 bits per heavy atom. The summed E-state index contributed by atoms with van der Waals surface area (Å²) in [5, 5.41) is 0.868. The molecule has 0 radical (unpaired) electrons. The third-order valence-electron chi connectivity index (χ3n) is 5.64. The molecule has 1 fully saturated rings. The average molecular weight is 409 g/mol. The Bertz CT molecular complexity index is 894. The van der Waals surface area contributed by atoms with Gasteiger partial charge in [0.2, 0.25) is 5.91 Å². The fraction of sp³-hybridized carbons (Fsp3) is 0.524. The minimum Gasteiger partial charge on any atom is -0.497 e. The molecule has 0 saturated carbocycles. The monoisotopic (exact) mass is 408 g/mol. The first-order valence-corrected chi connectivity index (χ1v) is 9.54. The van der Waals surface area contributed by atoms with Gasteiger partial charge in [-0.1, -0.05) is 0 Å². The molecular weight excluding hydrogens is 380 g/mol. The number of carbonyl (C=O) groups is 1. The maximum Gasteiger partial charge on any atom is 0.339 e. The van der Waals surface area contributed by atoms with Crippen molar-refractivity contribution in [1.82, 2.24) is 4.90 Å². The number of nitrogens with two attached hydrogens (primary N) is 1. The molecule has 1 aliphatic heterocycles. The zero-order valence-electron chi connectivity index (χ0n) is 16.7. The van der Waals surface area contributed by atoms with Crippen LogP contribution in [0.1, 0.15) is 37.3 Å². The quantitative estimate of drug-likeness (QED) is 0.768. The molecule has 2 unspecified atom stereocenters. The number of rotatable bonds is 5. The number of benzene rings is 1. The van der Waals surface area contributed by atoms with E-state index in [2.05, 4.69) is 0 Å². The van der Waals surface area contributed by atoms with E-state index in [1.54, 1.807) is 13.2 Å². The van der Waals surface area contributed by atoms with Crippen LogP contribution in [-0.4, -0.2) is 37.0 Å². The molecule has 1 aromatic heterocycles. The van der Waals surface area contributed by atoms with Crippen LogP contribution < -0.4 is 16.1 Å². The summed E-state index contributed by atoms with van der Waals surface area (Å²) in [5.74, 6) is 1.07. The van der Waals surface area contributed by atoms with Gasteiger partial charge in [0.15, 0.2) is 0 Å². The van der Waals surface area contributed by atoms with E-state index in [4.69, 9.17) is 14.9 Å². The maximum absolute atomic E-state index is 12.6. The standard InChI is InChI=1S/C21H28N2O4.ClH/c1-13-17-7-6-16(26-3)11-19(17)27-21(25)18(13)8-9-20(24)23-10-4-5-15(12-23)14(2)22;/h6-7,11,14-15H,4-5,8-10,12,22H2,1-3H3;1H. The van der Waals surface area contributed by atoms with Gasteiger partial charge in [-0.15, -0.1) is 12.4 Å². The van der Waals surface area contributed by atoms with E-state index >= 15 is 0 Å². The lowest BCUT2D eigenvalue weighted by Crippen LogP contribution is -2.45. The smallest absolute Gasteiger partial charge is 0.339 e. The number of fused-ring (bicyclic) bond motifs is 1. The van der Waals surface area contributed by atoms with Gasteiger partial charge >= 0.3 is 5.63 Å².